The molecule has 0 aliphatic rings. The van der Waals surface area contributed by atoms with Crippen LogP contribution in [0.3, 0.4) is 0 Å². The summed E-state index contributed by atoms with van der Waals surface area (Å²) < 4.78 is 18.1. The molecule has 2 heterocycles. The summed E-state index contributed by atoms with van der Waals surface area (Å²) in [6.07, 6.45) is 1.51. The minimum atomic E-state index is -0.466. The van der Waals surface area contributed by atoms with Gasteiger partial charge in [0.05, 0.1) is 12.8 Å². The molecule has 4 rings (SSSR count). The number of hydrogen-bond acceptors (Lipinski definition) is 5. The van der Waals surface area contributed by atoms with Crippen molar-refractivity contribution in [3.63, 3.8) is 0 Å². The van der Waals surface area contributed by atoms with E-state index in [0.29, 0.717) is 18.1 Å². The topological polar surface area (TPSA) is 86.2 Å². The number of aromatic nitrogens is 4. The highest BCUT2D eigenvalue weighted by atomic mass is 79.9. The van der Waals surface area contributed by atoms with Gasteiger partial charge >= 0.3 is 5.69 Å². The van der Waals surface area contributed by atoms with E-state index in [1.54, 1.807) is 23.7 Å². The number of fused-ring (bicyclic) bond motifs is 1. The smallest absolute Gasteiger partial charge is 0.298 e. The van der Waals surface area contributed by atoms with Crippen molar-refractivity contribution in [2.24, 2.45) is 19.2 Å². The second kappa shape index (κ2) is 8.31. The molecule has 0 bridgehead atoms. The molecule has 158 valence electrons. The summed E-state index contributed by atoms with van der Waals surface area (Å²) in [6.45, 7) is 0.339. The molecular formula is C21H18BrFN6O2. The fourth-order valence-corrected chi connectivity index (χ4v) is 3.44. The van der Waals surface area contributed by atoms with Crippen molar-refractivity contribution in [1.29, 1.82) is 0 Å². The number of hydrogen-bond donors (Lipinski definition) is 1. The molecule has 8 nitrogen and oxygen atoms in total. The Bertz CT molecular complexity index is 1400. The van der Waals surface area contributed by atoms with Gasteiger partial charge in [-0.25, -0.2) is 14.6 Å². The van der Waals surface area contributed by atoms with Crippen LogP contribution in [0.5, 0.6) is 0 Å². The Balaban J connectivity index is 1.80. The van der Waals surface area contributed by atoms with E-state index in [1.165, 1.54) is 30.0 Å². The maximum absolute atomic E-state index is 13.1. The van der Waals surface area contributed by atoms with Crippen molar-refractivity contribution in [2.75, 3.05) is 5.43 Å². The third-order valence-electron chi connectivity index (χ3n) is 4.85. The first-order valence-corrected chi connectivity index (χ1v) is 10.1. The Labute approximate surface area is 184 Å². The van der Waals surface area contributed by atoms with E-state index in [4.69, 9.17) is 0 Å². The molecule has 0 radical (unpaired) electrons. The van der Waals surface area contributed by atoms with Crippen LogP contribution in [0.4, 0.5) is 10.3 Å². The number of anilines is 1. The Morgan fingerprint density at radius 2 is 1.74 bits per heavy atom. The molecule has 0 spiro atoms. The van der Waals surface area contributed by atoms with Gasteiger partial charge < -0.3 is 0 Å². The molecule has 2 aromatic carbocycles. The average Bonchev–Trinajstić information content (AvgIpc) is 3.12. The Morgan fingerprint density at radius 3 is 2.42 bits per heavy atom. The summed E-state index contributed by atoms with van der Waals surface area (Å²) in [7, 11) is 2.99. The number of benzene rings is 2. The van der Waals surface area contributed by atoms with Gasteiger partial charge in [-0.1, -0.05) is 40.2 Å². The van der Waals surface area contributed by atoms with Crippen molar-refractivity contribution in [1.82, 2.24) is 18.7 Å². The van der Waals surface area contributed by atoms with Gasteiger partial charge in [0.2, 0.25) is 5.95 Å². The largest absolute Gasteiger partial charge is 0.332 e. The van der Waals surface area contributed by atoms with E-state index in [0.717, 1.165) is 14.6 Å². The average molecular weight is 485 g/mol. The first kappa shape index (κ1) is 20.7. The van der Waals surface area contributed by atoms with Crippen LogP contribution in [0.25, 0.3) is 11.2 Å². The second-order valence-corrected chi connectivity index (χ2v) is 7.86. The lowest BCUT2D eigenvalue weighted by Gasteiger charge is -2.09. The standard InChI is InChI=1S/C21H18BrFN6O2/c1-27-18-17(19(30)28(2)21(27)31)29(12-14-3-7-15(22)8-4-14)20(25-18)26-24-11-13-5-9-16(23)10-6-13/h3-11H,12H2,1-2H3,(H,25,26). The number of nitrogens with zero attached hydrogens (tertiary/aromatic N) is 5. The second-order valence-electron chi connectivity index (χ2n) is 6.95. The molecule has 0 fully saturated rings. The molecule has 0 amide bonds. The van der Waals surface area contributed by atoms with Gasteiger partial charge in [0.1, 0.15) is 5.82 Å². The maximum Gasteiger partial charge on any atom is 0.332 e. The Morgan fingerprint density at radius 1 is 1.06 bits per heavy atom. The van der Waals surface area contributed by atoms with Crippen LogP contribution in [0.1, 0.15) is 11.1 Å². The van der Waals surface area contributed by atoms with Crippen molar-refractivity contribution in [3.8, 4) is 0 Å². The SMILES string of the molecule is Cn1c(=O)c2c(nc(NN=Cc3ccc(F)cc3)n2Cc2ccc(Br)cc2)n(C)c1=O. The fourth-order valence-electron chi connectivity index (χ4n) is 3.17. The molecule has 31 heavy (non-hydrogen) atoms. The van der Waals surface area contributed by atoms with E-state index in [9.17, 15) is 14.0 Å². The summed E-state index contributed by atoms with van der Waals surface area (Å²) in [5.74, 6) is -0.0345. The maximum atomic E-state index is 13.1. The molecule has 0 saturated heterocycles. The monoisotopic (exact) mass is 484 g/mol. The highest BCUT2D eigenvalue weighted by Crippen LogP contribution is 2.19. The molecule has 0 unspecified atom stereocenters. The quantitative estimate of drug-likeness (QED) is 0.348. The van der Waals surface area contributed by atoms with E-state index in [2.05, 4.69) is 31.4 Å². The normalized spacial score (nSPS) is 11.5. The van der Waals surface area contributed by atoms with Gasteiger partial charge in [-0.3, -0.25) is 18.5 Å². The molecule has 1 N–H and O–H groups in total. The van der Waals surface area contributed by atoms with Gasteiger partial charge in [-0.15, -0.1) is 0 Å². The summed E-state index contributed by atoms with van der Waals surface area (Å²) >= 11 is 3.41. The lowest BCUT2D eigenvalue weighted by Crippen LogP contribution is -2.37. The first-order valence-electron chi connectivity index (χ1n) is 9.30. The predicted molar refractivity (Wildman–Crippen MR) is 121 cm³/mol. The zero-order valence-corrected chi connectivity index (χ0v) is 18.3. The number of rotatable bonds is 5. The zero-order chi connectivity index (χ0) is 22.1. The van der Waals surface area contributed by atoms with Crippen LogP contribution in [0, 0.1) is 5.82 Å². The molecule has 4 aromatic rings. The molecule has 0 aliphatic carbocycles. The highest BCUT2D eigenvalue weighted by molar-refractivity contribution is 9.10. The minimum Gasteiger partial charge on any atom is -0.298 e. The molecule has 0 atom stereocenters. The van der Waals surface area contributed by atoms with E-state index in [1.807, 2.05) is 24.3 Å². The summed E-state index contributed by atoms with van der Waals surface area (Å²) in [5.41, 5.74) is 4.09. The molecule has 10 heteroatoms. The predicted octanol–water partition coefficient (Wildman–Crippen LogP) is 2.83. The van der Waals surface area contributed by atoms with E-state index < -0.39 is 11.2 Å². The molecule has 2 aromatic heterocycles. The van der Waals surface area contributed by atoms with Gasteiger partial charge in [0.15, 0.2) is 11.2 Å². The van der Waals surface area contributed by atoms with Gasteiger partial charge in [0.25, 0.3) is 5.56 Å². The van der Waals surface area contributed by atoms with Gasteiger partial charge in [-0.2, -0.15) is 10.1 Å². The van der Waals surface area contributed by atoms with E-state index >= 15 is 0 Å². The lowest BCUT2D eigenvalue weighted by atomic mass is 10.2. The number of hydrazone groups is 1. The molecular weight excluding hydrogens is 467 g/mol. The summed E-state index contributed by atoms with van der Waals surface area (Å²) in [4.78, 5) is 29.7. The van der Waals surface area contributed by atoms with Crippen molar-refractivity contribution in [2.45, 2.75) is 6.54 Å². The van der Waals surface area contributed by atoms with Crippen LogP contribution in [0.15, 0.2) is 67.7 Å². The van der Waals surface area contributed by atoms with Crippen LogP contribution < -0.4 is 16.7 Å². The number of imidazole rings is 1. The summed E-state index contributed by atoms with van der Waals surface area (Å²) in [6, 6.07) is 13.5. The molecule has 0 aliphatic heterocycles. The van der Waals surface area contributed by atoms with Crippen LogP contribution >= 0.6 is 15.9 Å². The van der Waals surface area contributed by atoms with Gasteiger partial charge in [0, 0.05) is 18.6 Å². The summed E-state index contributed by atoms with van der Waals surface area (Å²) in [5, 5.41) is 4.17. The highest BCUT2D eigenvalue weighted by Gasteiger charge is 2.19. The Hall–Kier alpha value is -3.53. The minimum absolute atomic E-state index is 0.254. The fraction of sp³-hybridized carbons (Fsp3) is 0.143. The van der Waals surface area contributed by atoms with Crippen LogP contribution in [-0.2, 0) is 20.6 Å². The number of aryl methyl sites for hydroxylation is 1. The number of halogens is 2. The number of nitrogens with one attached hydrogen (secondary N) is 1. The van der Waals surface area contributed by atoms with Crippen molar-refractivity contribution in [3.05, 3.63) is 90.8 Å². The van der Waals surface area contributed by atoms with E-state index in [-0.39, 0.29) is 17.0 Å². The molecule has 0 saturated carbocycles. The Kier molecular flexibility index (Phi) is 5.55. The lowest BCUT2D eigenvalue weighted by molar-refractivity contribution is 0.628. The van der Waals surface area contributed by atoms with Crippen LogP contribution in [-0.4, -0.2) is 24.9 Å². The van der Waals surface area contributed by atoms with Crippen LogP contribution in [0.2, 0.25) is 0 Å². The van der Waals surface area contributed by atoms with Gasteiger partial charge in [-0.05, 0) is 35.4 Å². The zero-order valence-electron chi connectivity index (χ0n) is 16.7. The third kappa shape index (κ3) is 4.06. The van der Waals surface area contributed by atoms with Crippen molar-refractivity contribution < 1.29 is 4.39 Å². The first-order chi connectivity index (χ1) is 14.8. The van der Waals surface area contributed by atoms with Crippen molar-refractivity contribution >= 4 is 39.3 Å². The third-order valence-corrected chi connectivity index (χ3v) is 5.38.